The highest BCUT2D eigenvalue weighted by molar-refractivity contribution is 7.15. The highest BCUT2D eigenvalue weighted by Gasteiger charge is 2.16. The second-order valence-electron chi connectivity index (χ2n) is 5.10. The molecule has 21 heavy (non-hydrogen) atoms. The van der Waals surface area contributed by atoms with Gasteiger partial charge in [-0.3, -0.25) is 0 Å². The lowest BCUT2D eigenvalue weighted by Gasteiger charge is -2.04. The second kappa shape index (κ2) is 5.96. The standard InChI is InChI=1S/C17H15ClN2S/c1-11-8-12(2)10-14(9-11)16-19-20-17(21-16)15(18)13-6-4-3-5-7-13/h3-10,15H,1-2H3. The van der Waals surface area contributed by atoms with Gasteiger partial charge in [0.05, 0.1) is 0 Å². The van der Waals surface area contributed by atoms with E-state index in [9.17, 15) is 0 Å². The van der Waals surface area contributed by atoms with Gasteiger partial charge in [0.15, 0.2) is 0 Å². The first-order chi connectivity index (χ1) is 10.1. The zero-order valence-electron chi connectivity index (χ0n) is 11.9. The Morgan fingerprint density at radius 3 is 2.29 bits per heavy atom. The van der Waals surface area contributed by atoms with E-state index in [1.807, 2.05) is 30.3 Å². The quantitative estimate of drug-likeness (QED) is 0.625. The molecule has 2 nitrogen and oxygen atoms in total. The maximum atomic E-state index is 6.50. The predicted molar refractivity (Wildman–Crippen MR) is 89.0 cm³/mol. The second-order valence-corrected chi connectivity index (χ2v) is 6.54. The lowest BCUT2D eigenvalue weighted by molar-refractivity contribution is 0.988. The average molecular weight is 315 g/mol. The Labute approximate surface area is 133 Å². The van der Waals surface area contributed by atoms with Gasteiger partial charge in [-0.2, -0.15) is 0 Å². The maximum absolute atomic E-state index is 6.50. The third kappa shape index (κ3) is 3.14. The van der Waals surface area contributed by atoms with Crippen molar-refractivity contribution in [1.29, 1.82) is 0 Å². The number of hydrogen-bond acceptors (Lipinski definition) is 3. The zero-order chi connectivity index (χ0) is 14.8. The molecule has 0 fully saturated rings. The number of rotatable bonds is 3. The summed E-state index contributed by atoms with van der Waals surface area (Å²) in [7, 11) is 0. The molecule has 0 aliphatic rings. The Bertz CT molecular complexity index is 732. The van der Waals surface area contributed by atoms with Gasteiger partial charge >= 0.3 is 0 Å². The Morgan fingerprint density at radius 1 is 0.952 bits per heavy atom. The minimum atomic E-state index is -0.247. The fourth-order valence-electron chi connectivity index (χ4n) is 2.32. The van der Waals surface area contributed by atoms with Gasteiger partial charge < -0.3 is 0 Å². The molecule has 3 rings (SSSR count). The van der Waals surface area contributed by atoms with E-state index >= 15 is 0 Å². The first kappa shape index (κ1) is 14.2. The van der Waals surface area contributed by atoms with Crippen LogP contribution < -0.4 is 0 Å². The van der Waals surface area contributed by atoms with Crippen LogP contribution in [0.2, 0.25) is 0 Å². The lowest BCUT2D eigenvalue weighted by atomic mass is 10.1. The van der Waals surface area contributed by atoms with Gasteiger partial charge in [-0.05, 0) is 31.5 Å². The van der Waals surface area contributed by atoms with Crippen LogP contribution in [0.25, 0.3) is 10.6 Å². The molecular formula is C17H15ClN2S. The Balaban J connectivity index is 1.93. The van der Waals surface area contributed by atoms with Gasteiger partial charge in [-0.25, -0.2) is 0 Å². The molecule has 1 atom stereocenters. The molecule has 106 valence electrons. The van der Waals surface area contributed by atoms with E-state index in [1.165, 1.54) is 11.1 Å². The molecule has 0 amide bonds. The van der Waals surface area contributed by atoms with Crippen molar-refractivity contribution in [3.8, 4) is 10.6 Å². The molecule has 0 spiro atoms. The first-order valence-corrected chi connectivity index (χ1v) is 8.00. The summed E-state index contributed by atoms with van der Waals surface area (Å²) >= 11 is 8.06. The first-order valence-electron chi connectivity index (χ1n) is 6.74. The van der Waals surface area contributed by atoms with Crippen LogP contribution in [0, 0.1) is 13.8 Å². The van der Waals surface area contributed by atoms with Crippen LogP contribution in [0.5, 0.6) is 0 Å². The highest BCUT2D eigenvalue weighted by Crippen LogP contribution is 2.34. The lowest BCUT2D eigenvalue weighted by Crippen LogP contribution is -1.91. The fraction of sp³-hybridized carbons (Fsp3) is 0.176. The number of aryl methyl sites for hydroxylation is 2. The predicted octanol–water partition coefficient (Wildman–Crippen LogP) is 5.15. The van der Waals surface area contributed by atoms with Crippen LogP contribution in [0.1, 0.15) is 27.1 Å². The molecule has 4 heteroatoms. The summed E-state index contributed by atoms with van der Waals surface area (Å²) in [6.07, 6.45) is 0. The van der Waals surface area contributed by atoms with E-state index in [0.29, 0.717) is 0 Å². The molecule has 0 aliphatic heterocycles. The maximum Gasteiger partial charge on any atom is 0.147 e. The molecule has 2 aromatic carbocycles. The third-order valence-electron chi connectivity index (χ3n) is 3.22. The van der Waals surface area contributed by atoms with Crippen molar-refractivity contribution in [2.75, 3.05) is 0 Å². The van der Waals surface area contributed by atoms with Crippen molar-refractivity contribution >= 4 is 22.9 Å². The van der Waals surface area contributed by atoms with Crippen molar-refractivity contribution in [3.63, 3.8) is 0 Å². The van der Waals surface area contributed by atoms with Crippen LogP contribution in [0.3, 0.4) is 0 Å². The van der Waals surface area contributed by atoms with Crippen LogP contribution in [-0.2, 0) is 0 Å². The Kier molecular flexibility index (Phi) is 4.04. The van der Waals surface area contributed by atoms with Gasteiger partial charge in [0.1, 0.15) is 15.4 Å². The molecule has 1 heterocycles. The van der Waals surface area contributed by atoms with E-state index < -0.39 is 0 Å². The minimum Gasteiger partial charge on any atom is -0.141 e. The summed E-state index contributed by atoms with van der Waals surface area (Å²) in [4.78, 5) is 0. The normalized spacial score (nSPS) is 12.3. The molecule has 0 bridgehead atoms. The third-order valence-corrected chi connectivity index (χ3v) is 4.84. The molecule has 1 aromatic heterocycles. The van der Waals surface area contributed by atoms with E-state index in [4.69, 9.17) is 11.6 Å². The van der Waals surface area contributed by atoms with Crippen molar-refractivity contribution in [3.05, 3.63) is 70.2 Å². The van der Waals surface area contributed by atoms with Gasteiger partial charge in [0, 0.05) is 5.56 Å². The summed E-state index contributed by atoms with van der Waals surface area (Å²) in [5.41, 5.74) is 4.61. The van der Waals surface area contributed by atoms with Crippen molar-refractivity contribution in [2.45, 2.75) is 19.2 Å². The van der Waals surface area contributed by atoms with Crippen LogP contribution in [-0.4, -0.2) is 10.2 Å². The van der Waals surface area contributed by atoms with Crippen molar-refractivity contribution in [2.24, 2.45) is 0 Å². The number of halogens is 1. The number of benzene rings is 2. The van der Waals surface area contributed by atoms with E-state index in [-0.39, 0.29) is 5.38 Å². The SMILES string of the molecule is Cc1cc(C)cc(-c2nnc(C(Cl)c3ccccc3)s2)c1. The summed E-state index contributed by atoms with van der Waals surface area (Å²) < 4.78 is 0. The van der Waals surface area contributed by atoms with Crippen LogP contribution in [0.4, 0.5) is 0 Å². The van der Waals surface area contributed by atoms with Gasteiger partial charge in [-0.1, -0.05) is 58.9 Å². The summed E-state index contributed by atoms with van der Waals surface area (Å²) in [5, 5.41) is 10.1. The average Bonchev–Trinajstić information content (AvgIpc) is 2.96. The molecule has 0 saturated carbocycles. The molecule has 1 unspecified atom stereocenters. The Hall–Kier alpha value is -1.71. The summed E-state index contributed by atoms with van der Waals surface area (Å²) in [5.74, 6) is 0. The number of nitrogens with zero attached hydrogens (tertiary/aromatic N) is 2. The monoisotopic (exact) mass is 314 g/mol. The smallest absolute Gasteiger partial charge is 0.141 e. The van der Waals surface area contributed by atoms with E-state index in [1.54, 1.807) is 11.3 Å². The minimum absolute atomic E-state index is 0.247. The van der Waals surface area contributed by atoms with Crippen LogP contribution in [0.15, 0.2) is 48.5 Å². The number of aromatic nitrogens is 2. The van der Waals surface area contributed by atoms with Crippen molar-refractivity contribution < 1.29 is 0 Å². The van der Waals surface area contributed by atoms with Crippen LogP contribution >= 0.6 is 22.9 Å². The number of hydrogen-bond donors (Lipinski definition) is 0. The zero-order valence-corrected chi connectivity index (χ0v) is 13.4. The largest absolute Gasteiger partial charge is 0.147 e. The fourth-order valence-corrected chi connectivity index (χ4v) is 3.48. The molecule has 0 saturated heterocycles. The van der Waals surface area contributed by atoms with Crippen molar-refractivity contribution in [1.82, 2.24) is 10.2 Å². The Morgan fingerprint density at radius 2 is 1.62 bits per heavy atom. The summed E-state index contributed by atoms with van der Waals surface area (Å²) in [6, 6.07) is 16.4. The topological polar surface area (TPSA) is 25.8 Å². The molecular weight excluding hydrogens is 300 g/mol. The molecule has 0 aliphatic carbocycles. The number of alkyl halides is 1. The molecule has 3 aromatic rings. The molecule has 0 radical (unpaired) electrons. The highest BCUT2D eigenvalue weighted by atomic mass is 35.5. The van der Waals surface area contributed by atoms with E-state index in [0.717, 1.165) is 21.1 Å². The van der Waals surface area contributed by atoms with Gasteiger partial charge in [0.2, 0.25) is 0 Å². The van der Waals surface area contributed by atoms with Gasteiger partial charge in [0.25, 0.3) is 0 Å². The molecule has 0 N–H and O–H groups in total. The summed E-state index contributed by atoms with van der Waals surface area (Å²) in [6.45, 7) is 4.18. The van der Waals surface area contributed by atoms with E-state index in [2.05, 4.69) is 42.2 Å². The van der Waals surface area contributed by atoms with Gasteiger partial charge in [-0.15, -0.1) is 21.8 Å².